The molecule has 1 amide bonds. The van der Waals surface area contributed by atoms with Crippen LogP contribution in [0.25, 0.3) is 0 Å². The molecule has 0 radical (unpaired) electrons. The van der Waals surface area contributed by atoms with Crippen LogP contribution in [0.1, 0.15) is 12.6 Å². The Bertz CT molecular complexity index is 586. The fourth-order valence-electron chi connectivity index (χ4n) is 1.37. The van der Waals surface area contributed by atoms with Gasteiger partial charge in [0.1, 0.15) is 12.4 Å². The predicted octanol–water partition coefficient (Wildman–Crippen LogP) is 3.31. The van der Waals surface area contributed by atoms with Gasteiger partial charge in [-0.3, -0.25) is 9.69 Å². The molecule has 0 saturated carbocycles. The van der Waals surface area contributed by atoms with Crippen molar-refractivity contribution in [1.82, 2.24) is 4.98 Å². The molecule has 0 aliphatic heterocycles. The topological polar surface area (TPSA) is 42.4 Å². The summed E-state index contributed by atoms with van der Waals surface area (Å²) in [6, 6.07) is 7.84. The van der Waals surface area contributed by atoms with E-state index in [0.29, 0.717) is 11.7 Å². The number of hydrogen-bond acceptors (Lipinski definition) is 4. The number of carbonyl (C=O) groups excluding carboxylic acids is 1. The molecule has 6 heteroatoms. The van der Waals surface area contributed by atoms with Crippen LogP contribution in [0.15, 0.2) is 29.6 Å². The van der Waals surface area contributed by atoms with E-state index < -0.39 is 0 Å². The van der Waals surface area contributed by atoms with E-state index in [9.17, 15) is 4.79 Å². The lowest BCUT2D eigenvalue weighted by Gasteiger charge is -2.09. The molecule has 0 N–H and O–H groups in total. The molecule has 0 unspecified atom stereocenters. The van der Waals surface area contributed by atoms with Crippen LogP contribution in [0.3, 0.4) is 0 Å². The van der Waals surface area contributed by atoms with E-state index in [-0.39, 0.29) is 5.91 Å². The van der Waals surface area contributed by atoms with E-state index in [1.807, 2.05) is 29.6 Å². The number of thiazole rings is 1. The monoisotopic (exact) mass is 388 g/mol. The number of halogens is 1. The van der Waals surface area contributed by atoms with Crippen molar-refractivity contribution in [2.45, 2.75) is 13.5 Å². The van der Waals surface area contributed by atoms with Crippen molar-refractivity contribution < 1.29 is 9.53 Å². The van der Waals surface area contributed by atoms with E-state index in [1.54, 1.807) is 7.05 Å². The summed E-state index contributed by atoms with van der Waals surface area (Å²) in [5.41, 5.74) is 0.826. The summed E-state index contributed by atoms with van der Waals surface area (Å²) in [5, 5.41) is 2.59. The quantitative estimate of drug-likeness (QED) is 0.755. The molecule has 0 spiro atoms. The minimum absolute atomic E-state index is 0.0283. The van der Waals surface area contributed by atoms with E-state index in [2.05, 4.69) is 27.6 Å². The van der Waals surface area contributed by atoms with Gasteiger partial charge in [-0.2, -0.15) is 0 Å². The van der Waals surface area contributed by atoms with Gasteiger partial charge in [-0.1, -0.05) is 6.07 Å². The highest BCUT2D eigenvalue weighted by molar-refractivity contribution is 14.1. The van der Waals surface area contributed by atoms with Crippen molar-refractivity contribution in [3.63, 3.8) is 0 Å². The fraction of sp³-hybridized carbons (Fsp3) is 0.231. The lowest BCUT2D eigenvalue weighted by molar-refractivity contribution is -0.116. The summed E-state index contributed by atoms with van der Waals surface area (Å²) >= 11 is 3.68. The first-order valence-corrected chi connectivity index (χ1v) is 7.59. The molecule has 0 aliphatic carbocycles. The van der Waals surface area contributed by atoms with Gasteiger partial charge in [0.15, 0.2) is 5.13 Å². The predicted molar refractivity (Wildman–Crippen MR) is 84.7 cm³/mol. The first kappa shape index (κ1) is 14.3. The minimum Gasteiger partial charge on any atom is -0.487 e. The normalized spacial score (nSPS) is 10.3. The molecule has 19 heavy (non-hydrogen) atoms. The van der Waals surface area contributed by atoms with E-state index in [1.165, 1.54) is 23.2 Å². The number of rotatable bonds is 4. The number of hydrogen-bond donors (Lipinski definition) is 0. The molecule has 100 valence electrons. The maximum absolute atomic E-state index is 11.2. The van der Waals surface area contributed by atoms with Gasteiger partial charge in [0.25, 0.3) is 0 Å². The van der Waals surface area contributed by atoms with Gasteiger partial charge in [-0.15, -0.1) is 11.3 Å². The summed E-state index contributed by atoms with van der Waals surface area (Å²) < 4.78 is 6.79. The lowest BCUT2D eigenvalue weighted by Crippen LogP contribution is -2.22. The largest absolute Gasteiger partial charge is 0.487 e. The first-order chi connectivity index (χ1) is 9.06. The number of carbonyl (C=O) groups is 1. The number of nitrogens with zero attached hydrogens (tertiary/aromatic N) is 2. The smallest absolute Gasteiger partial charge is 0.225 e. The second-order valence-corrected chi connectivity index (χ2v) is 6.03. The van der Waals surface area contributed by atoms with Gasteiger partial charge in [0, 0.05) is 22.9 Å². The van der Waals surface area contributed by atoms with E-state index in [0.717, 1.165) is 15.0 Å². The average Bonchev–Trinajstić information content (AvgIpc) is 2.84. The van der Waals surface area contributed by atoms with Crippen LogP contribution in [0.2, 0.25) is 0 Å². The summed E-state index contributed by atoms with van der Waals surface area (Å²) in [6.07, 6.45) is 0. The molecule has 0 fully saturated rings. The molecule has 2 aromatic rings. The molecular weight excluding hydrogens is 375 g/mol. The third kappa shape index (κ3) is 3.90. The zero-order valence-electron chi connectivity index (χ0n) is 10.6. The molecule has 0 aliphatic rings. The summed E-state index contributed by atoms with van der Waals surface area (Å²) in [4.78, 5) is 17.1. The Labute approximate surface area is 129 Å². The molecule has 1 aromatic heterocycles. The van der Waals surface area contributed by atoms with Gasteiger partial charge >= 0.3 is 0 Å². The van der Waals surface area contributed by atoms with Gasteiger partial charge in [-0.25, -0.2) is 4.98 Å². The van der Waals surface area contributed by atoms with Crippen LogP contribution >= 0.6 is 33.9 Å². The van der Waals surface area contributed by atoms with Gasteiger partial charge in [0.2, 0.25) is 5.91 Å². The Morgan fingerprint density at radius 3 is 3.00 bits per heavy atom. The molecule has 0 atom stereocenters. The van der Waals surface area contributed by atoms with E-state index in [4.69, 9.17) is 4.74 Å². The highest BCUT2D eigenvalue weighted by Gasteiger charge is 2.10. The Hall–Kier alpha value is -1.15. The fourth-order valence-corrected chi connectivity index (χ4v) is 2.70. The van der Waals surface area contributed by atoms with Crippen molar-refractivity contribution >= 4 is 45.0 Å². The zero-order valence-corrected chi connectivity index (χ0v) is 13.6. The molecule has 1 aromatic carbocycles. The first-order valence-electron chi connectivity index (χ1n) is 5.63. The summed E-state index contributed by atoms with van der Waals surface area (Å²) in [5.74, 6) is 0.792. The number of amides is 1. The highest BCUT2D eigenvalue weighted by Crippen LogP contribution is 2.21. The Kier molecular flexibility index (Phi) is 4.76. The molecule has 2 rings (SSSR count). The van der Waals surface area contributed by atoms with Gasteiger partial charge in [0.05, 0.1) is 5.69 Å². The number of benzene rings is 1. The second kappa shape index (κ2) is 6.33. The van der Waals surface area contributed by atoms with Crippen molar-refractivity contribution in [1.29, 1.82) is 0 Å². The second-order valence-electron chi connectivity index (χ2n) is 3.95. The zero-order chi connectivity index (χ0) is 13.8. The lowest BCUT2D eigenvalue weighted by atomic mass is 10.3. The Morgan fingerprint density at radius 1 is 1.53 bits per heavy atom. The highest BCUT2D eigenvalue weighted by atomic mass is 127. The van der Waals surface area contributed by atoms with Crippen LogP contribution in [0, 0.1) is 3.57 Å². The molecule has 1 heterocycles. The summed E-state index contributed by atoms with van der Waals surface area (Å²) in [6.45, 7) is 1.92. The van der Waals surface area contributed by atoms with Gasteiger partial charge < -0.3 is 4.74 Å². The number of aromatic nitrogens is 1. The van der Waals surface area contributed by atoms with Crippen LogP contribution < -0.4 is 9.64 Å². The van der Waals surface area contributed by atoms with Crippen molar-refractivity contribution in [3.05, 3.63) is 38.9 Å². The molecule has 0 saturated heterocycles. The van der Waals surface area contributed by atoms with Crippen molar-refractivity contribution in [2.24, 2.45) is 0 Å². The molecule has 4 nitrogen and oxygen atoms in total. The van der Waals surface area contributed by atoms with Crippen molar-refractivity contribution in [2.75, 3.05) is 11.9 Å². The summed E-state index contributed by atoms with van der Waals surface area (Å²) in [7, 11) is 1.71. The van der Waals surface area contributed by atoms with E-state index >= 15 is 0 Å². The third-order valence-corrected chi connectivity index (χ3v) is 4.12. The maximum atomic E-state index is 11.2. The van der Waals surface area contributed by atoms with Crippen LogP contribution in [-0.4, -0.2) is 17.9 Å². The van der Waals surface area contributed by atoms with Gasteiger partial charge in [-0.05, 0) is 40.8 Å². The number of anilines is 1. The average molecular weight is 388 g/mol. The third-order valence-electron chi connectivity index (χ3n) is 2.48. The molecular formula is C13H13IN2O2S. The van der Waals surface area contributed by atoms with Crippen LogP contribution in [0.4, 0.5) is 5.13 Å². The minimum atomic E-state index is -0.0283. The van der Waals surface area contributed by atoms with Crippen LogP contribution in [0.5, 0.6) is 5.75 Å². The SMILES string of the molecule is CC(=O)N(C)c1nc(COc2cccc(I)c2)cs1. The number of ether oxygens (including phenoxy) is 1. The molecule has 0 bridgehead atoms. The Morgan fingerprint density at radius 2 is 2.32 bits per heavy atom. The Balaban J connectivity index is 1.99. The standard InChI is InChI=1S/C13H13IN2O2S/c1-9(17)16(2)13-15-11(8-19-13)7-18-12-5-3-4-10(14)6-12/h3-6,8H,7H2,1-2H3. The maximum Gasteiger partial charge on any atom is 0.225 e. The van der Waals surface area contributed by atoms with Crippen molar-refractivity contribution in [3.8, 4) is 5.75 Å². The van der Waals surface area contributed by atoms with Crippen LogP contribution in [-0.2, 0) is 11.4 Å².